The number of nitrogen functional groups attached to an aromatic ring is 1. The summed E-state index contributed by atoms with van der Waals surface area (Å²) in [7, 11) is 1.68. The van der Waals surface area contributed by atoms with E-state index >= 15 is 0 Å². The van der Waals surface area contributed by atoms with Gasteiger partial charge in [0.25, 0.3) is 0 Å². The summed E-state index contributed by atoms with van der Waals surface area (Å²) in [6.07, 6.45) is 2.86. The quantitative estimate of drug-likeness (QED) is 0.160. The van der Waals surface area contributed by atoms with E-state index in [2.05, 4.69) is 22.4 Å². The van der Waals surface area contributed by atoms with Crippen LogP contribution in [-0.2, 0) is 4.74 Å². The second kappa shape index (κ2) is 10.6. The molecule has 1 fully saturated rings. The largest absolute Gasteiger partial charge is 0.497 e. The number of ether oxygens (including phenoxy) is 3. The molecular formula is C27H32N4O3. The molecule has 1 saturated carbocycles. The predicted molar refractivity (Wildman–Crippen MR) is 135 cm³/mol. The normalized spacial score (nSPS) is 16.8. The maximum absolute atomic E-state index is 8.66. The third-order valence-electron chi connectivity index (χ3n) is 5.87. The Hall–Kier alpha value is -3.58. The van der Waals surface area contributed by atoms with Crippen molar-refractivity contribution in [3.05, 3.63) is 77.5 Å². The number of aromatic nitrogens is 1. The molecule has 4 rings (SSSR count). The van der Waals surface area contributed by atoms with Crippen LogP contribution >= 0.6 is 0 Å². The van der Waals surface area contributed by atoms with E-state index in [1.54, 1.807) is 25.4 Å². The van der Waals surface area contributed by atoms with E-state index < -0.39 is 0 Å². The first kappa shape index (κ1) is 23.6. The molecule has 178 valence electrons. The minimum Gasteiger partial charge on any atom is -0.497 e. The third kappa shape index (κ3) is 5.85. The van der Waals surface area contributed by atoms with Crippen LogP contribution in [0.25, 0.3) is 0 Å². The molecule has 2 unspecified atom stereocenters. The zero-order valence-corrected chi connectivity index (χ0v) is 19.9. The van der Waals surface area contributed by atoms with Crippen molar-refractivity contribution in [3.8, 4) is 11.5 Å². The lowest BCUT2D eigenvalue weighted by atomic mass is 10.0. The van der Waals surface area contributed by atoms with Crippen molar-refractivity contribution >= 4 is 17.2 Å². The molecule has 4 N–H and O–H groups in total. The summed E-state index contributed by atoms with van der Waals surface area (Å²) in [4.78, 5) is 4.35. The zero-order valence-electron chi connectivity index (χ0n) is 19.9. The van der Waals surface area contributed by atoms with Gasteiger partial charge in [-0.05, 0) is 80.1 Å². The number of hydrogen-bond donors (Lipinski definition) is 3. The Balaban J connectivity index is 1.29. The molecule has 2 aromatic carbocycles. The molecule has 0 spiro atoms. The molecule has 7 heteroatoms. The molecular weight excluding hydrogens is 428 g/mol. The van der Waals surface area contributed by atoms with Gasteiger partial charge in [-0.2, -0.15) is 0 Å². The maximum atomic E-state index is 8.66. The van der Waals surface area contributed by atoms with Crippen LogP contribution in [0.15, 0.2) is 60.8 Å². The van der Waals surface area contributed by atoms with E-state index in [1.807, 2.05) is 44.2 Å². The van der Waals surface area contributed by atoms with E-state index in [4.69, 9.17) is 25.4 Å². The van der Waals surface area contributed by atoms with E-state index in [0.29, 0.717) is 59.3 Å². The van der Waals surface area contributed by atoms with Gasteiger partial charge in [-0.3, -0.25) is 5.41 Å². The van der Waals surface area contributed by atoms with Gasteiger partial charge in [-0.1, -0.05) is 12.1 Å². The lowest BCUT2D eigenvalue weighted by Crippen LogP contribution is -2.11. The highest BCUT2D eigenvalue weighted by molar-refractivity contribution is 6.14. The number of rotatable bonds is 11. The van der Waals surface area contributed by atoms with Gasteiger partial charge in [-0.15, -0.1) is 0 Å². The fourth-order valence-corrected chi connectivity index (χ4v) is 3.96. The molecule has 1 aliphatic carbocycles. The Morgan fingerprint density at radius 2 is 1.88 bits per heavy atom. The molecule has 1 aromatic heterocycles. The standard InChI is InChI=1S/C27H32N4O3/c1-17(2)34-22-8-9-25(28)24(14-22)27(29)19-10-11-30-26(13-19)31-16-33-15-20-12-23(20)18-4-6-21(32-3)7-5-18/h4-11,13-14,17,20,23,29H,12,15-16,28H2,1-3H3,(H,30,31). The summed E-state index contributed by atoms with van der Waals surface area (Å²) in [5.41, 5.74) is 9.67. The fourth-order valence-electron chi connectivity index (χ4n) is 3.96. The number of benzene rings is 2. The van der Waals surface area contributed by atoms with Crippen molar-refractivity contribution in [2.24, 2.45) is 5.92 Å². The van der Waals surface area contributed by atoms with Crippen molar-refractivity contribution in [2.45, 2.75) is 32.3 Å². The second-order valence-electron chi connectivity index (χ2n) is 8.79. The van der Waals surface area contributed by atoms with Gasteiger partial charge in [-0.25, -0.2) is 4.98 Å². The summed E-state index contributed by atoms with van der Waals surface area (Å²) >= 11 is 0. The highest BCUT2D eigenvalue weighted by Crippen LogP contribution is 2.47. The van der Waals surface area contributed by atoms with Crippen LogP contribution < -0.4 is 20.5 Å². The smallest absolute Gasteiger partial charge is 0.128 e. The molecule has 0 saturated heterocycles. The fraction of sp³-hybridized carbons (Fsp3) is 0.333. The van der Waals surface area contributed by atoms with Gasteiger partial charge in [0.05, 0.1) is 25.5 Å². The Bertz CT molecular complexity index is 1130. The highest BCUT2D eigenvalue weighted by Gasteiger charge is 2.38. The molecule has 1 aliphatic rings. The van der Waals surface area contributed by atoms with E-state index in [-0.39, 0.29) is 6.10 Å². The number of nitrogens with two attached hydrogens (primary N) is 1. The molecule has 3 aromatic rings. The third-order valence-corrected chi connectivity index (χ3v) is 5.87. The molecule has 0 aliphatic heterocycles. The average molecular weight is 461 g/mol. The Labute approximate surface area is 200 Å². The van der Waals surface area contributed by atoms with E-state index in [9.17, 15) is 0 Å². The van der Waals surface area contributed by atoms with E-state index in [1.165, 1.54) is 5.56 Å². The second-order valence-corrected chi connectivity index (χ2v) is 8.79. The Morgan fingerprint density at radius 3 is 2.62 bits per heavy atom. The molecule has 34 heavy (non-hydrogen) atoms. The highest BCUT2D eigenvalue weighted by atomic mass is 16.5. The van der Waals surface area contributed by atoms with Gasteiger partial charge in [0.2, 0.25) is 0 Å². The minimum atomic E-state index is 0.0458. The first-order valence-electron chi connectivity index (χ1n) is 11.5. The van der Waals surface area contributed by atoms with Crippen molar-refractivity contribution in [1.29, 1.82) is 5.41 Å². The topological polar surface area (TPSA) is 102 Å². The number of hydrogen-bond acceptors (Lipinski definition) is 7. The van der Waals surface area contributed by atoms with Crippen molar-refractivity contribution in [3.63, 3.8) is 0 Å². The molecule has 7 nitrogen and oxygen atoms in total. The van der Waals surface area contributed by atoms with Crippen molar-refractivity contribution in [2.75, 3.05) is 31.5 Å². The summed E-state index contributed by atoms with van der Waals surface area (Å²) in [5.74, 6) is 3.30. The van der Waals surface area contributed by atoms with Crippen LogP contribution in [0.3, 0.4) is 0 Å². The summed E-state index contributed by atoms with van der Waals surface area (Å²) < 4.78 is 16.8. The van der Waals surface area contributed by atoms with Gasteiger partial charge in [0.1, 0.15) is 24.0 Å². The molecule has 1 heterocycles. The molecule has 0 radical (unpaired) electrons. The van der Waals surface area contributed by atoms with E-state index in [0.717, 1.165) is 12.2 Å². The van der Waals surface area contributed by atoms with Crippen LogP contribution in [0.2, 0.25) is 0 Å². The van der Waals surface area contributed by atoms with Crippen molar-refractivity contribution in [1.82, 2.24) is 4.98 Å². The van der Waals surface area contributed by atoms with Gasteiger partial charge < -0.3 is 25.3 Å². The number of methoxy groups -OCH3 is 1. The average Bonchev–Trinajstić information content (AvgIpc) is 3.62. The minimum absolute atomic E-state index is 0.0458. The first-order valence-corrected chi connectivity index (χ1v) is 11.5. The number of anilines is 2. The number of nitrogens with one attached hydrogen (secondary N) is 2. The van der Waals surface area contributed by atoms with Crippen LogP contribution in [0, 0.1) is 11.3 Å². The lowest BCUT2D eigenvalue weighted by Gasteiger charge is -2.14. The summed E-state index contributed by atoms with van der Waals surface area (Å²) in [5, 5.41) is 11.9. The van der Waals surface area contributed by atoms with Crippen LogP contribution in [-0.4, -0.2) is 37.2 Å². The predicted octanol–water partition coefficient (Wildman–Crippen LogP) is 5.07. The van der Waals surface area contributed by atoms with Gasteiger partial charge in [0, 0.05) is 23.0 Å². The van der Waals surface area contributed by atoms with Crippen molar-refractivity contribution < 1.29 is 14.2 Å². The Morgan fingerprint density at radius 1 is 1.12 bits per heavy atom. The zero-order chi connectivity index (χ0) is 24.1. The monoisotopic (exact) mass is 460 g/mol. The summed E-state index contributed by atoms with van der Waals surface area (Å²) in [6, 6.07) is 17.3. The van der Waals surface area contributed by atoms with Gasteiger partial charge >= 0.3 is 0 Å². The van der Waals surface area contributed by atoms with Crippen LogP contribution in [0.5, 0.6) is 11.5 Å². The number of nitrogens with zero attached hydrogens (tertiary/aromatic N) is 1. The lowest BCUT2D eigenvalue weighted by molar-refractivity contribution is 0.140. The molecule has 0 bridgehead atoms. The van der Waals surface area contributed by atoms with Crippen LogP contribution in [0.4, 0.5) is 11.5 Å². The Kier molecular flexibility index (Phi) is 7.33. The number of pyridine rings is 1. The molecule has 2 atom stereocenters. The van der Waals surface area contributed by atoms with Crippen LogP contribution in [0.1, 0.15) is 42.9 Å². The SMILES string of the molecule is COc1ccc(C2CC2COCNc2cc(C(=N)c3cc(OC(C)C)ccc3N)ccn2)cc1. The molecule has 0 amide bonds. The summed E-state index contributed by atoms with van der Waals surface area (Å²) in [6.45, 7) is 4.98. The van der Waals surface area contributed by atoms with Gasteiger partial charge in [0.15, 0.2) is 0 Å². The maximum Gasteiger partial charge on any atom is 0.128 e. The first-order chi connectivity index (χ1) is 16.4.